The molecule has 2 atom stereocenters. The summed E-state index contributed by atoms with van der Waals surface area (Å²) in [4.78, 5) is 4.17. The highest BCUT2D eigenvalue weighted by Gasteiger charge is 2.28. The quantitative estimate of drug-likeness (QED) is 0.822. The number of hydrogen-bond acceptors (Lipinski definition) is 3. The highest BCUT2D eigenvalue weighted by Crippen LogP contribution is 2.39. The summed E-state index contributed by atoms with van der Waals surface area (Å²) >= 11 is 5.94. The summed E-state index contributed by atoms with van der Waals surface area (Å²) in [6.07, 6.45) is 2.67. The molecule has 3 nitrogen and oxygen atoms in total. The third-order valence-corrected chi connectivity index (χ3v) is 4.01. The molecule has 4 heteroatoms. The summed E-state index contributed by atoms with van der Waals surface area (Å²) in [6, 6.07) is 10.7. The average Bonchev–Trinajstić information content (AvgIpc) is 2.72. The van der Waals surface area contributed by atoms with Crippen molar-refractivity contribution in [3.63, 3.8) is 0 Å². The number of rotatable bonds is 2. The molecule has 0 bridgehead atoms. The molecule has 19 heavy (non-hydrogen) atoms. The molecular weight excluding hydrogens is 258 g/mol. The van der Waals surface area contributed by atoms with Crippen molar-refractivity contribution >= 4 is 17.3 Å². The van der Waals surface area contributed by atoms with Crippen LogP contribution in [0.4, 0.5) is 5.69 Å². The summed E-state index contributed by atoms with van der Waals surface area (Å²) in [5, 5.41) is 4.04. The Bertz CT molecular complexity index is 612. The van der Waals surface area contributed by atoms with Crippen LogP contribution in [0.3, 0.4) is 0 Å². The number of pyridine rings is 1. The van der Waals surface area contributed by atoms with Crippen molar-refractivity contribution in [1.29, 1.82) is 0 Å². The van der Waals surface area contributed by atoms with Crippen molar-refractivity contribution in [3.05, 3.63) is 58.4 Å². The molecule has 0 radical (unpaired) electrons. The molecule has 2 aromatic rings. The normalized spacial score (nSPS) is 21.2. The summed E-state index contributed by atoms with van der Waals surface area (Å²) in [5.41, 5.74) is 10.6. The van der Waals surface area contributed by atoms with E-state index in [-0.39, 0.29) is 12.1 Å². The first-order chi connectivity index (χ1) is 9.15. The lowest BCUT2D eigenvalue weighted by atomic mass is 10.1. The van der Waals surface area contributed by atoms with Gasteiger partial charge in [0.1, 0.15) is 5.15 Å². The van der Waals surface area contributed by atoms with Gasteiger partial charge in [0.25, 0.3) is 0 Å². The zero-order valence-corrected chi connectivity index (χ0v) is 11.5. The predicted octanol–water partition coefficient (Wildman–Crippen LogP) is 3.60. The van der Waals surface area contributed by atoms with E-state index < -0.39 is 0 Å². The van der Waals surface area contributed by atoms with Crippen LogP contribution in [0, 0.1) is 6.92 Å². The molecule has 1 aliphatic rings. The Morgan fingerprint density at radius 1 is 1.32 bits per heavy atom. The molecule has 0 saturated heterocycles. The first-order valence-electron chi connectivity index (χ1n) is 6.38. The van der Waals surface area contributed by atoms with Gasteiger partial charge >= 0.3 is 0 Å². The molecule has 0 aliphatic heterocycles. The van der Waals surface area contributed by atoms with Gasteiger partial charge < -0.3 is 11.1 Å². The Balaban J connectivity index is 1.87. The van der Waals surface area contributed by atoms with Crippen LogP contribution in [0.15, 0.2) is 36.5 Å². The van der Waals surface area contributed by atoms with Gasteiger partial charge in [-0.3, -0.25) is 0 Å². The molecular formula is C15H16ClN3. The van der Waals surface area contributed by atoms with Crippen LogP contribution < -0.4 is 11.1 Å². The van der Waals surface area contributed by atoms with Crippen molar-refractivity contribution in [3.8, 4) is 0 Å². The van der Waals surface area contributed by atoms with Gasteiger partial charge in [0.05, 0.1) is 17.9 Å². The largest absolute Gasteiger partial charge is 0.377 e. The molecule has 0 amide bonds. The smallest absolute Gasteiger partial charge is 0.132 e. The van der Waals surface area contributed by atoms with E-state index in [4.69, 9.17) is 17.3 Å². The zero-order chi connectivity index (χ0) is 13.4. The first-order valence-corrected chi connectivity index (χ1v) is 6.76. The minimum atomic E-state index is 0.107. The van der Waals surface area contributed by atoms with E-state index in [1.54, 1.807) is 6.20 Å². The second-order valence-electron chi connectivity index (χ2n) is 5.00. The average molecular weight is 274 g/mol. The molecule has 3 rings (SSSR count). The molecule has 0 fully saturated rings. The number of halogens is 1. The predicted molar refractivity (Wildman–Crippen MR) is 78.3 cm³/mol. The van der Waals surface area contributed by atoms with Crippen LogP contribution in [0.2, 0.25) is 5.15 Å². The SMILES string of the molecule is Cc1cc(NC2CC(N)c3ccccc32)cnc1Cl. The van der Waals surface area contributed by atoms with E-state index in [0.29, 0.717) is 5.15 Å². The Kier molecular flexibility index (Phi) is 3.17. The highest BCUT2D eigenvalue weighted by molar-refractivity contribution is 6.30. The number of anilines is 1. The Hall–Kier alpha value is -1.58. The number of aryl methyl sites for hydroxylation is 1. The fourth-order valence-electron chi connectivity index (χ4n) is 2.65. The molecule has 1 aliphatic carbocycles. The molecule has 98 valence electrons. The molecule has 2 unspecified atom stereocenters. The van der Waals surface area contributed by atoms with Crippen LogP contribution in [0.5, 0.6) is 0 Å². The summed E-state index contributed by atoms with van der Waals surface area (Å²) in [5.74, 6) is 0. The Morgan fingerprint density at radius 2 is 2.05 bits per heavy atom. The van der Waals surface area contributed by atoms with E-state index in [9.17, 15) is 0 Å². The zero-order valence-electron chi connectivity index (χ0n) is 10.7. The lowest BCUT2D eigenvalue weighted by Gasteiger charge is -2.16. The fraction of sp³-hybridized carbons (Fsp3) is 0.267. The summed E-state index contributed by atoms with van der Waals surface area (Å²) < 4.78 is 0. The van der Waals surface area contributed by atoms with Gasteiger partial charge in [0.15, 0.2) is 0 Å². The monoisotopic (exact) mass is 273 g/mol. The summed E-state index contributed by atoms with van der Waals surface area (Å²) in [7, 11) is 0. The maximum Gasteiger partial charge on any atom is 0.132 e. The van der Waals surface area contributed by atoms with Gasteiger partial charge in [-0.25, -0.2) is 4.98 Å². The molecule has 1 aromatic carbocycles. The van der Waals surface area contributed by atoms with E-state index in [1.165, 1.54) is 11.1 Å². The van der Waals surface area contributed by atoms with E-state index in [2.05, 4.69) is 28.5 Å². The number of aromatic nitrogens is 1. The first kappa shape index (κ1) is 12.5. The van der Waals surface area contributed by atoms with Crippen molar-refractivity contribution in [2.45, 2.75) is 25.4 Å². The number of benzene rings is 1. The molecule has 0 saturated carbocycles. The van der Waals surface area contributed by atoms with Crippen molar-refractivity contribution < 1.29 is 0 Å². The lowest BCUT2D eigenvalue weighted by Crippen LogP contribution is -2.10. The maximum absolute atomic E-state index is 6.17. The van der Waals surface area contributed by atoms with Gasteiger partial charge in [-0.05, 0) is 36.1 Å². The van der Waals surface area contributed by atoms with Crippen molar-refractivity contribution in [2.75, 3.05) is 5.32 Å². The maximum atomic E-state index is 6.17. The number of nitrogens with one attached hydrogen (secondary N) is 1. The minimum Gasteiger partial charge on any atom is -0.377 e. The Labute approximate surface area is 117 Å². The standard InChI is InChI=1S/C15H16ClN3/c1-9-6-10(8-18-15(9)16)19-14-7-13(17)11-4-2-3-5-12(11)14/h2-6,8,13-14,19H,7,17H2,1H3. The molecule has 1 heterocycles. The fourth-order valence-corrected chi connectivity index (χ4v) is 2.75. The van der Waals surface area contributed by atoms with Gasteiger partial charge in [0.2, 0.25) is 0 Å². The van der Waals surface area contributed by atoms with Crippen LogP contribution in [0.1, 0.15) is 35.2 Å². The number of nitrogens with zero attached hydrogens (tertiary/aromatic N) is 1. The third kappa shape index (κ3) is 2.31. The van der Waals surface area contributed by atoms with Crippen LogP contribution >= 0.6 is 11.6 Å². The number of nitrogens with two attached hydrogens (primary N) is 1. The molecule has 0 spiro atoms. The van der Waals surface area contributed by atoms with Crippen LogP contribution in [-0.2, 0) is 0 Å². The lowest BCUT2D eigenvalue weighted by molar-refractivity contribution is 0.648. The number of hydrogen-bond donors (Lipinski definition) is 2. The van der Waals surface area contributed by atoms with E-state index in [0.717, 1.165) is 17.7 Å². The topological polar surface area (TPSA) is 50.9 Å². The van der Waals surface area contributed by atoms with Crippen LogP contribution in [0.25, 0.3) is 0 Å². The molecule has 1 aromatic heterocycles. The Morgan fingerprint density at radius 3 is 2.79 bits per heavy atom. The second-order valence-corrected chi connectivity index (χ2v) is 5.36. The van der Waals surface area contributed by atoms with Gasteiger partial charge in [-0.15, -0.1) is 0 Å². The third-order valence-electron chi connectivity index (χ3n) is 3.62. The minimum absolute atomic E-state index is 0.107. The van der Waals surface area contributed by atoms with Gasteiger partial charge in [0, 0.05) is 6.04 Å². The van der Waals surface area contributed by atoms with Gasteiger partial charge in [-0.1, -0.05) is 35.9 Å². The van der Waals surface area contributed by atoms with Crippen LogP contribution in [-0.4, -0.2) is 4.98 Å². The van der Waals surface area contributed by atoms with Crippen molar-refractivity contribution in [1.82, 2.24) is 4.98 Å². The summed E-state index contributed by atoms with van der Waals surface area (Å²) in [6.45, 7) is 1.95. The highest BCUT2D eigenvalue weighted by atomic mass is 35.5. The van der Waals surface area contributed by atoms with E-state index >= 15 is 0 Å². The number of fused-ring (bicyclic) bond motifs is 1. The van der Waals surface area contributed by atoms with E-state index in [1.807, 2.05) is 19.1 Å². The molecule has 3 N–H and O–H groups in total. The van der Waals surface area contributed by atoms with Crippen molar-refractivity contribution in [2.24, 2.45) is 5.73 Å². The van der Waals surface area contributed by atoms with Gasteiger partial charge in [-0.2, -0.15) is 0 Å². The second kappa shape index (κ2) is 4.83.